The van der Waals surface area contributed by atoms with Crippen molar-refractivity contribution in [2.24, 2.45) is 0 Å². The van der Waals surface area contributed by atoms with Crippen molar-refractivity contribution in [3.8, 4) is 0 Å². The highest BCUT2D eigenvalue weighted by Crippen LogP contribution is 2.29. The molecule has 2 unspecified atom stereocenters. The molecule has 0 aliphatic heterocycles. The van der Waals surface area contributed by atoms with Gasteiger partial charge in [0.1, 0.15) is 6.04 Å². The first-order chi connectivity index (χ1) is 7.47. The smallest absolute Gasteiger partial charge is 0.320 e. The summed E-state index contributed by atoms with van der Waals surface area (Å²) in [6, 6.07) is 1.74. The summed E-state index contributed by atoms with van der Waals surface area (Å²) in [5, 5.41) is 11.1. The van der Waals surface area contributed by atoms with Crippen molar-refractivity contribution >= 4 is 33.2 Å². The average Bonchev–Trinajstić information content (AvgIpc) is 2.64. The van der Waals surface area contributed by atoms with Crippen LogP contribution in [0.15, 0.2) is 15.9 Å². The van der Waals surface area contributed by atoms with Crippen molar-refractivity contribution < 1.29 is 9.90 Å². The minimum atomic E-state index is -0.757. The van der Waals surface area contributed by atoms with Gasteiger partial charge < -0.3 is 5.11 Å². The van der Waals surface area contributed by atoms with E-state index in [0.717, 1.165) is 4.47 Å². The molecule has 1 aromatic heterocycles. The number of nitrogens with zero attached hydrogens (tertiary/aromatic N) is 1. The zero-order valence-electron chi connectivity index (χ0n) is 9.61. The Labute approximate surface area is 108 Å². The third-order valence-corrected chi connectivity index (χ3v) is 4.64. The van der Waals surface area contributed by atoms with Crippen LogP contribution in [0, 0.1) is 0 Å². The monoisotopic (exact) mass is 305 g/mol. The molecule has 0 saturated heterocycles. The SMILES string of the molecule is CCC(C(=O)O)N(C)C(C)c1cc(Br)cs1. The van der Waals surface area contributed by atoms with E-state index in [2.05, 4.69) is 15.9 Å². The summed E-state index contributed by atoms with van der Waals surface area (Å²) < 4.78 is 1.05. The zero-order chi connectivity index (χ0) is 12.3. The van der Waals surface area contributed by atoms with Crippen LogP contribution in [0.4, 0.5) is 0 Å². The summed E-state index contributed by atoms with van der Waals surface area (Å²) in [5.74, 6) is -0.757. The van der Waals surface area contributed by atoms with Crippen molar-refractivity contribution in [1.82, 2.24) is 4.90 Å². The Hall–Kier alpha value is -0.390. The van der Waals surface area contributed by atoms with E-state index in [9.17, 15) is 4.79 Å². The minimum absolute atomic E-state index is 0.123. The molecule has 0 radical (unpaired) electrons. The molecular formula is C11H16BrNO2S. The van der Waals surface area contributed by atoms with Crippen molar-refractivity contribution in [1.29, 1.82) is 0 Å². The molecule has 0 aliphatic carbocycles. The summed E-state index contributed by atoms with van der Waals surface area (Å²) in [5.41, 5.74) is 0. The van der Waals surface area contributed by atoms with Crippen LogP contribution in [-0.2, 0) is 4.79 Å². The number of hydrogen-bond acceptors (Lipinski definition) is 3. The number of aliphatic carboxylic acids is 1. The first-order valence-corrected chi connectivity index (χ1v) is 6.83. The maximum Gasteiger partial charge on any atom is 0.320 e. The second-order valence-corrected chi connectivity index (χ2v) is 5.63. The van der Waals surface area contributed by atoms with E-state index >= 15 is 0 Å². The zero-order valence-corrected chi connectivity index (χ0v) is 12.0. The van der Waals surface area contributed by atoms with Gasteiger partial charge in [0.2, 0.25) is 0 Å². The third-order valence-electron chi connectivity index (χ3n) is 2.77. The number of likely N-dealkylation sites (N-methyl/N-ethyl adjacent to an activating group) is 1. The lowest BCUT2D eigenvalue weighted by Crippen LogP contribution is -2.39. The molecule has 1 rings (SSSR count). The largest absolute Gasteiger partial charge is 0.480 e. The predicted molar refractivity (Wildman–Crippen MR) is 69.9 cm³/mol. The number of carboxylic acids is 1. The number of thiophene rings is 1. The third kappa shape index (κ3) is 3.06. The van der Waals surface area contributed by atoms with Crippen LogP contribution in [0.5, 0.6) is 0 Å². The van der Waals surface area contributed by atoms with Crippen LogP contribution >= 0.6 is 27.3 Å². The standard InChI is InChI=1S/C11H16BrNO2S/c1-4-9(11(14)15)13(3)7(2)10-5-8(12)6-16-10/h5-7,9H,4H2,1-3H3,(H,14,15). The molecule has 0 fully saturated rings. The highest BCUT2D eigenvalue weighted by molar-refractivity contribution is 9.10. The van der Waals surface area contributed by atoms with E-state index in [1.807, 2.05) is 37.2 Å². The number of halogens is 1. The Bertz CT molecular complexity index is 367. The van der Waals surface area contributed by atoms with Gasteiger partial charge >= 0.3 is 5.97 Å². The molecule has 90 valence electrons. The fourth-order valence-corrected chi connectivity index (χ4v) is 3.21. The van der Waals surface area contributed by atoms with E-state index in [-0.39, 0.29) is 6.04 Å². The molecule has 2 atom stereocenters. The van der Waals surface area contributed by atoms with Gasteiger partial charge in [-0.1, -0.05) is 6.92 Å². The molecule has 0 aromatic carbocycles. The summed E-state index contributed by atoms with van der Waals surface area (Å²) in [6.07, 6.45) is 0.614. The van der Waals surface area contributed by atoms with Crippen LogP contribution in [0.3, 0.4) is 0 Å². The second kappa shape index (κ2) is 5.80. The topological polar surface area (TPSA) is 40.5 Å². The fourth-order valence-electron chi connectivity index (χ4n) is 1.65. The van der Waals surface area contributed by atoms with Crippen LogP contribution in [0.25, 0.3) is 0 Å². The summed E-state index contributed by atoms with van der Waals surface area (Å²) in [6.45, 7) is 3.93. The van der Waals surface area contributed by atoms with Crippen LogP contribution in [0.2, 0.25) is 0 Å². The molecule has 0 bridgehead atoms. The first-order valence-electron chi connectivity index (χ1n) is 5.16. The van der Waals surface area contributed by atoms with Gasteiger partial charge in [-0.3, -0.25) is 9.69 Å². The number of carbonyl (C=O) groups is 1. The van der Waals surface area contributed by atoms with Crippen molar-refractivity contribution in [3.05, 3.63) is 20.8 Å². The summed E-state index contributed by atoms with van der Waals surface area (Å²) >= 11 is 5.05. The van der Waals surface area contributed by atoms with E-state index in [0.29, 0.717) is 6.42 Å². The minimum Gasteiger partial charge on any atom is -0.480 e. The maximum absolute atomic E-state index is 11.1. The molecule has 0 amide bonds. The molecule has 3 nitrogen and oxygen atoms in total. The van der Waals surface area contributed by atoms with Gasteiger partial charge in [-0.2, -0.15) is 0 Å². The summed E-state index contributed by atoms with van der Waals surface area (Å²) in [4.78, 5) is 14.1. The van der Waals surface area contributed by atoms with E-state index in [1.54, 1.807) is 11.3 Å². The second-order valence-electron chi connectivity index (χ2n) is 3.77. The predicted octanol–water partition coefficient (Wildman–Crippen LogP) is 3.37. The van der Waals surface area contributed by atoms with E-state index < -0.39 is 12.0 Å². The summed E-state index contributed by atoms with van der Waals surface area (Å²) in [7, 11) is 1.86. The molecule has 1 N–H and O–H groups in total. The Morgan fingerprint density at radius 2 is 2.31 bits per heavy atom. The van der Waals surface area contributed by atoms with Gasteiger partial charge in [-0.25, -0.2) is 0 Å². The number of hydrogen-bond donors (Lipinski definition) is 1. The lowest BCUT2D eigenvalue weighted by Gasteiger charge is -2.29. The molecule has 0 spiro atoms. The van der Waals surface area contributed by atoms with Crippen LogP contribution in [-0.4, -0.2) is 29.1 Å². The van der Waals surface area contributed by atoms with Crippen LogP contribution < -0.4 is 0 Å². The molecule has 16 heavy (non-hydrogen) atoms. The normalized spacial score (nSPS) is 15.1. The highest BCUT2D eigenvalue weighted by atomic mass is 79.9. The van der Waals surface area contributed by atoms with Crippen LogP contribution in [0.1, 0.15) is 31.2 Å². The maximum atomic E-state index is 11.1. The molecule has 5 heteroatoms. The van der Waals surface area contributed by atoms with Gasteiger partial charge in [-0.05, 0) is 42.4 Å². The van der Waals surface area contributed by atoms with Gasteiger partial charge in [0.05, 0.1) is 0 Å². The lowest BCUT2D eigenvalue weighted by atomic mass is 10.1. The highest BCUT2D eigenvalue weighted by Gasteiger charge is 2.25. The Kier molecular flexibility index (Phi) is 4.95. The number of carboxylic acid groups (broad SMARTS) is 1. The van der Waals surface area contributed by atoms with E-state index in [1.165, 1.54) is 4.88 Å². The van der Waals surface area contributed by atoms with Crippen molar-refractivity contribution in [2.75, 3.05) is 7.05 Å². The van der Waals surface area contributed by atoms with Gasteiger partial charge in [0.25, 0.3) is 0 Å². The van der Waals surface area contributed by atoms with Crippen molar-refractivity contribution in [2.45, 2.75) is 32.4 Å². The molecule has 0 aliphatic rings. The fraction of sp³-hybridized carbons (Fsp3) is 0.545. The Balaban J connectivity index is 2.80. The quantitative estimate of drug-likeness (QED) is 0.907. The number of rotatable bonds is 5. The Morgan fingerprint density at radius 3 is 2.69 bits per heavy atom. The van der Waals surface area contributed by atoms with Crippen molar-refractivity contribution in [3.63, 3.8) is 0 Å². The lowest BCUT2D eigenvalue weighted by molar-refractivity contribution is -0.143. The molecule has 1 heterocycles. The van der Waals surface area contributed by atoms with E-state index in [4.69, 9.17) is 5.11 Å². The molecular weight excluding hydrogens is 290 g/mol. The van der Waals surface area contributed by atoms with Gasteiger partial charge in [0, 0.05) is 20.8 Å². The first kappa shape index (κ1) is 13.7. The average molecular weight is 306 g/mol. The van der Waals surface area contributed by atoms with Gasteiger partial charge in [0.15, 0.2) is 0 Å². The van der Waals surface area contributed by atoms with Gasteiger partial charge in [-0.15, -0.1) is 11.3 Å². The molecule has 0 saturated carbocycles. The Morgan fingerprint density at radius 1 is 1.69 bits per heavy atom. The molecule has 1 aromatic rings.